The fourth-order valence-electron chi connectivity index (χ4n) is 2.06. The highest BCUT2D eigenvalue weighted by Crippen LogP contribution is 2.12. The van der Waals surface area contributed by atoms with Crippen LogP contribution in [0.5, 0.6) is 0 Å². The number of fused-ring (bicyclic) bond motifs is 1. The first kappa shape index (κ1) is 14.7. The number of carbonyl (C=O) groups is 2. The average molecular weight is 289 g/mol. The number of carboxylic acid groups (broad SMARTS) is 1. The average Bonchev–Trinajstić information content (AvgIpc) is 2.47. The summed E-state index contributed by atoms with van der Waals surface area (Å²) in [5.41, 5.74) is -0.391. The van der Waals surface area contributed by atoms with Crippen molar-refractivity contribution in [3.05, 3.63) is 40.3 Å². The summed E-state index contributed by atoms with van der Waals surface area (Å²) in [4.78, 5) is 34.9. The van der Waals surface area contributed by atoms with Crippen LogP contribution in [-0.4, -0.2) is 33.2 Å². The summed E-state index contributed by atoms with van der Waals surface area (Å²) >= 11 is 0. The number of aromatic nitrogens is 2. The molecule has 1 aromatic carbocycles. The minimum atomic E-state index is -1.10. The van der Waals surface area contributed by atoms with Gasteiger partial charge in [0, 0.05) is 5.39 Å². The largest absolute Gasteiger partial charge is 0.480 e. The Hall–Kier alpha value is -2.70. The van der Waals surface area contributed by atoms with Crippen LogP contribution < -0.4 is 10.9 Å². The first-order valence-corrected chi connectivity index (χ1v) is 6.55. The first-order valence-electron chi connectivity index (χ1n) is 6.55. The van der Waals surface area contributed by atoms with Crippen molar-refractivity contribution in [1.82, 2.24) is 15.5 Å². The highest BCUT2D eigenvalue weighted by molar-refractivity contribution is 6.05. The minimum Gasteiger partial charge on any atom is -0.480 e. The second-order valence-electron chi connectivity index (χ2n) is 4.60. The molecule has 110 valence electrons. The molecule has 7 nitrogen and oxygen atoms in total. The summed E-state index contributed by atoms with van der Waals surface area (Å²) in [5, 5.41) is 18.2. The lowest BCUT2D eigenvalue weighted by atomic mass is 10.1. The van der Waals surface area contributed by atoms with E-state index in [1.165, 1.54) is 0 Å². The Morgan fingerprint density at radius 2 is 2.00 bits per heavy atom. The molecule has 0 radical (unpaired) electrons. The van der Waals surface area contributed by atoms with Crippen molar-refractivity contribution >= 4 is 22.6 Å². The van der Waals surface area contributed by atoms with Crippen LogP contribution in [-0.2, 0) is 4.79 Å². The Morgan fingerprint density at radius 1 is 1.33 bits per heavy atom. The van der Waals surface area contributed by atoms with Crippen LogP contribution in [0, 0.1) is 0 Å². The van der Waals surface area contributed by atoms with Gasteiger partial charge in [-0.2, -0.15) is 5.10 Å². The summed E-state index contributed by atoms with van der Waals surface area (Å²) in [6, 6.07) is 5.56. The van der Waals surface area contributed by atoms with Gasteiger partial charge in [-0.05, 0) is 12.5 Å². The maximum Gasteiger partial charge on any atom is 0.326 e. The van der Waals surface area contributed by atoms with Gasteiger partial charge >= 0.3 is 5.97 Å². The van der Waals surface area contributed by atoms with E-state index in [0.29, 0.717) is 23.6 Å². The zero-order valence-corrected chi connectivity index (χ0v) is 11.4. The van der Waals surface area contributed by atoms with E-state index in [1.807, 2.05) is 6.92 Å². The van der Waals surface area contributed by atoms with E-state index < -0.39 is 23.5 Å². The van der Waals surface area contributed by atoms with Crippen molar-refractivity contribution in [2.24, 2.45) is 0 Å². The molecule has 0 aliphatic carbocycles. The lowest BCUT2D eigenvalue weighted by Gasteiger charge is -2.13. The van der Waals surface area contributed by atoms with Gasteiger partial charge < -0.3 is 10.4 Å². The van der Waals surface area contributed by atoms with Crippen molar-refractivity contribution < 1.29 is 14.7 Å². The van der Waals surface area contributed by atoms with Crippen molar-refractivity contribution in [2.75, 3.05) is 0 Å². The second-order valence-corrected chi connectivity index (χ2v) is 4.60. The molecule has 0 bridgehead atoms. The molecule has 0 aliphatic heterocycles. The highest BCUT2D eigenvalue weighted by atomic mass is 16.4. The Balaban J connectivity index is 2.38. The molecule has 21 heavy (non-hydrogen) atoms. The molecular weight excluding hydrogens is 274 g/mol. The van der Waals surface area contributed by atoms with E-state index in [4.69, 9.17) is 5.11 Å². The number of nitrogens with zero attached hydrogens (tertiary/aromatic N) is 1. The smallest absolute Gasteiger partial charge is 0.326 e. The zero-order valence-electron chi connectivity index (χ0n) is 11.4. The number of H-pyrrole nitrogens is 1. The number of nitrogens with one attached hydrogen (secondary N) is 2. The van der Waals surface area contributed by atoms with E-state index in [9.17, 15) is 14.4 Å². The summed E-state index contributed by atoms with van der Waals surface area (Å²) in [6.07, 6.45) is 0.944. The van der Waals surface area contributed by atoms with Gasteiger partial charge in [-0.25, -0.2) is 9.89 Å². The summed E-state index contributed by atoms with van der Waals surface area (Å²) < 4.78 is 0. The number of rotatable bonds is 5. The molecule has 0 unspecified atom stereocenters. The normalized spacial score (nSPS) is 12.0. The van der Waals surface area contributed by atoms with Gasteiger partial charge in [-0.3, -0.25) is 9.59 Å². The number of carbonyl (C=O) groups excluding carboxylic acids is 1. The maximum absolute atomic E-state index is 12.2. The van der Waals surface area contributed by atoms with Crippen molar-refractivity contribution in [1.29, 1.82) is 0 Å². The highest BCUT2D eigenvalue weighted by Gasteiger charge is 2.22. The van der Waals surface area contributed by atoms with Gasteiger partial charge in [0.05, 0.1) is 5.39 Å². The number of hydrogen-bond acceptors (Lipinski definition) is 4. The molecule has 2 aromatic rings. The summed E-state index contributed by atoms with van der Waals surface area (Å²) in [7, 11) is 0. The molecule has 0 saturated carbocycles. The number of hydrogen-bond donors (Lipinski definition) is 3. The van der Waals surface area contributed by atoms with E-state index in [1.54, 1.807) is 24.3 Å². The number of aromatic amines is 1. The van der Waals surface area contributed by atoms with E-state index in [0.717, 1.165) is 0 Å². The molecule has 0 fully saturated rings. The Kier molecular flexibility index (Phi) is 4.32. The Bertz CT molecular complexity index is 738. The van der Waals surface area contributed by atoms with Crippen LogP contribution in [0.2, 0.25) is 0 Å². The fraction of sp³-hybridized carbons (Fsp3) is 0.286. The van der Waals surface area contributed by atoms with Crippen LogP contribution in [0.4, 0.5) is 0 Å². The van der Waals surface area contributed by atoms with Crippen molar-refractivity contribution in [3.63, 3.8) is 0 Å². The summed E-state index contributed by atoms with van der Waals surface area (Å²) in [5.74, 6) is -1.72. The molecule has 7 heteroatoms. The predicted molar refractivity (Wildman–Crippen MR) is 76.2 cm³/mol. The standard InChI is InChI=1S/C14H15N3O4/c1-2-5-10(14(20)21)15-13(19)11-8-6-3-4-7-9(8)12(18)17-16-11/h3-4,6-7,10H,2,5H2,1H3,(H,15,19)(H,17,18)(H,20,21)/t10-/m1/s1. The van der Waals surface area contributed by atoms with Crippen LogP contribution in [0.1, 0.15) is 30.3 Å². The molecule has 1 amide bonds. The van der Waals surface area contributed by atoms with Crippen molar-refractivity contribution in [3.8, 4) is 0 Å². The lowest BCUT2D eigenvalue weighted by Crippen LogP contribution is -2.41. The quantitative estimate of drug-likeness (QED) is 0.757. The Labute approximate surface area is 120 Å². The zero-order chi connectivity index (χ0) is 15.4. The molecule has 0 aliphatic rings. The number of aliphatic carboxylic acids is 1. The number of carboxylic acids is 1. The van der Waals surface area contributed by atoms with Gasteiger partial charge in [-0.15, -0.1) is 0 Å². The first-order chi connectivity index (χ1) is 10.0. The molecule has 1 heterocycles. The lowest BCUT2D eigenvalue weighted by molar-refractivity contribution is -0.139. The molecule has 1 aromatic heterocycles. The molecular formula is C14H15N3O4. The fourth-order valence-corrected chi connectivity index (χ4v) is 2.06. The van der Waals surface area contributed by atoms with E-state index >= 15 is 0 Å². The van der Waals surface area contributed by atoms with E-state index in [2.05, 4.69) is 15.5 Å². The monoisotopic (exact) mass is 289 g/mol. The SMILES string of the molecule is CCC[C@@H](NC(=O)c1n[nH]c(=O)c2ccccc12)C(=O)O. The number of amides is 1. The molecule has 3 N–H and O–H groups in total. The number of benzene rings is 1. The van der Waals surface area contributed by atoms with Crippen molar-refractivity contribution in [2.45, 2.75) is 25.8 Å². The Morgan fingerprint density at radius 3 is 2.62 bits per heavy atom. The topological polar surface area (TPSA) is 112 Å². The third-order valence-corrected chi connectivity index (χ3v) is 3.09. The predicted octanol–water partition coefficient (Wildman–Crippen LogP) is 0.906. The second kappa shape index (κ2) is 6.17. The van der Waals surface area contributed by atoms with E-state index in [-0.39, 0.29) is 5.69 Å². The summed E-state index contributed by atoms with van der Waals surface area (Å²) in [6.45, 7) is 1.83. The van der Waals surface area contributed by atoms with Crippen LogP contribution >= 0.6 is 0 Å². The minimum absolute atomic E-state index is 0.00699. The van der Waals surface area contributed by atoms with Gasteiger partial charge in [0.2, 0.25) is 0 Å². The van der Waals surface area contributed by atoms with Gasteiger partial charge in [0.25, 0.3) is 11.5 Å². The molecule has 0 spiro atoms. The van der Waals surface area contributed by atoms with Gasteiger partial charge in [0.15, 0.2) is 5.69 Å². The third-order valence-electron chi connectivity index (χ3n) is 3.09. The maximum atomic E-state index is 12.2. The van der Waals surface area contributed by atoms with Crippen LogP contribution in [0.3, 0.4) is 0 Å². The van der Waals surface area contributed by atoms with Gasteiger partial charge in [0.1, 0.15) is 6.04 Å². The molecule has 1 atom stereocenters. The van der Waals surface area contributed by atoms with Gasteiger partial charge in [-0.1, -0.05) is 31.5 Å². The van der Waals surface area contributed by atoms with Crippen LogP contribution in [0.25, 0.3) is 10.8 Å². The molecule has 2 rings (SSSR count). The molecule has 0 saturated heterocycles. The van der Waals surface area contributed by atoms with Crippen LogP contribution in [0.15, 0.2) is 29.1 Å². The third kappa shape index (κ3) is 3.07.